The van der Waals surface area contributed by atoms with E-state index in [0.29, 0.717) is 18.7 Å². The normalized spacial score (nSPS) is 11.4. The molecule has 0 aromatic heterocycles. The molecular formula is C32H29NO4. The predicted molar refractivity (Wildman–Crippen MR) is 143 cm³/mol. The van der Waals surface area contributed by atoms with Gasteiger partial charge in [-0.05, 0) is 31.0 Å². The minimum Gasteiger partial charge on any atom is -0.449 e. The third-order valence-corrected chi connectivity index (χ3v) is 6.08. The van der Waals surface area contributed by atoms with Crippen molar-refractivity contribution in [1.29, 1.82) is 0 Å². The van der Waals surface area contributed by atoms with Crippen LogP contribution in [0, 0.1) is 6.92 Å². The molecule has 0 aliphatic heterocycles. The van der Waals surface area contributed by atoms with Crippen LogP contribution in [0.4, 0.5) is 0 Å². The van der Waals surface area contributed by atoms with Crippen LogP contribution in [0.15, 0.2) is 109 Å². The summed E-state index contributed by atoms with van der Waals surface area (Å²) in [7, 11) is 0. The predicted octanol–water partition coefficient (Wildman–Crippen LogP) is 6.00. The van der Waals surface area contributed by atoms with Gasteiger partial charge in [-0.3, -0.25) is 9.59 Å². The van der Waals surface area contributed by atoms with Crippen LogP contribution in [0.25, 0.3) is 0 Å². The minimum atomic E-state index is -1.04. The quantitative estimate of drug-likeness (QED) is 0.213. The molecule has 37 heavy (non-hydrogen) atoms. The average Bonchev–Trinajstić information content (AvgIpc) is 2.93. The van der Waals surface area contributed by atoms with E-state index in [0.717, 1.165) is 16.7 Å². The van der Waals surface area contributed by atoms with E-state index < -0.39 is 12.1 Å². The smallest absolute Gasteiger partial charge is 0.339 e. The molecule has 0 aliphatic rings. The lowest BCUT2D eigenvalue weighted by Gasteiger charge is -2.26. The van der Waals surface area contributed by atoms with Gasteiger partial charge in [0.2, 0.25) is 0 Å². The van der Waals surface area contributed by atoms with Crippen molar-refractivity contribution in [3.05, 3.63) is 143 Å². The summed E-state index contributed by atoms with van der Waals surface area (Å²) in [6, 6.07) is 33.0. The molecule has 0 bridgehead atoms. The van der Waals surface area contributed by atoms with E-state index in [-0.39, 0.29) is 22.8 Å². The van der Waals surface area contributed by atoms with Crippen LogP contribution in [0.5, 0.6) is 0 Å². The molecule has 186 valence electrons. The van der Waals surface area contributed by atoms with Crippen molar-refractivity contribution in [2.45, 2.75) is 33.0 Å². The summed E-state index contributed by atoms with van der Waals surface area (Å²) in [4.78, 5) is 41.4. The van der Waals surface area contributed by atoms with Crippen molar-refractivity contribution in [3.63, 3.8) is 0 Å². The zero-order chi connectivity index (χ0) is 26.2. The van der Waals surface area contributed by atoms with E-state index in [1.807, 2.05) is 79.7 Å². The molecule has 0 fully saturated rings. The van der Waals surface area contributed by atoms with Crippen molar-refractivity contribution in [2.24, 2.45) is 0 Å². The SMILES string of the molecule is Cc1ccc(C(=O)c2ccccc2C(=O)O[C@H](C)C(=O)N(Cc2ccccc2)Cc2ccccc2)cc1. The second-order valence-corrected chi connectivity index (χ2v) is 8.95. The first-order chi connectivity index (χ1) is 17.9. The Bertz CT molecular complexity index is 1320. The molecule has 0 heterocycles. The standard InChI is InChI=1S/C32H29NO4/c1-23-17-19-27(20-18-23)30(34)28-15-9-10-16-29(28)32(36)37-24(2)31(35)33(21-25-11-5-3-6-12-25)22-26-13-7-4-8-14-26/h3-20,24H,21-22H2,1-2H3/t24-/m1/s1. The highest BCUT2D eigenvalue weighted by atomic mass is 16.5. The van der Waals surface area contributed by atoms with Gasteiger partial charge in [0, 0.05) is 24.2 Å². The topological polar surface area (TPSA) is 63.7 Å². The van der Waals surface area contributed by atoms with Gasteiger partial charge in [0.1, 0.15) is 0 Å². The van der Waals surface area contributed by atoms with Crippen LogP contribution in [-0.2, 0) is 22.6 Å². The van der Waals surface area contributed by atoms with Gasteiger partial charge in [-0.15, -0.1) is 0 Å². The van der Waals surface area contributed by atoms with Gasteiger partial charge in [0.25, 0.3) is 5.91 Å². The van der Waals surface area contributed by atoms with Gasteiger partial charge in [-0.1, -0.05) is 109 Å². The van der Waals surface area contributed by atoms with Crippen LogP contribution >= 0.6 is 0 Å². The fraction of sp³-hybridized carbons (Fsp3) is 0.156. The number of carbonyl (C=O) groups is 3. The lowest BCUT2D eigenvalue weighted by atomic mass is 9.98. The summed E-state index contributed by atoms with van der Waals surface area (Å²) >= 11 is 0. The molecule has 1 amide bonds. The molecule has 0 saturated carbocycles. The zero-order valence-electron chi connectivity index (χ0n) is 21.0. The number of carbonyl (C=O) groups excluding carboxylic acids is 3. The molecule has 0 radical (unpaired) electrons. The molecule has 4 aromatic carbocycles. The third kappa shape index (κ3) is 6.58. The Labute approximate surface area is 217 Å². The zero-order valence-corrected chi connectivity index (χ0v) is 21.0. The fourth-order valence-corrected chi connectivity index (χ4v) is 4.07. The second-order valence-electron chi connectivity index (χ2n) is 8.95. The summed E-state index contributed by atoms with van der Waals surface area (Å²) in [6.45, 7) is 4.25. The summed E-state index contributed by atoms with van der Waals surface area (Å²) in [6.07, 6.45) is -1.04. The number of nitrogens with zero attached hydrogens (tertiary/aromatic N) is 1. The van der Waals surface area contributed by atoms with Crippen LogP contribution in [0.1, 0.15) is 49.9 Å². The number of benzene rings is 4. The van der Waals surface area contributed by atoms with Crippen molar-refractivity contribution >= 4 is 17.7 Å². The molecule has 4 aromatic rings. The Morgan fingerprint density at radius 2 is 1.16 bits per heavy atom. The summed E-state index contributed by atoms with van der Waals surface area (Å²) < 4.78 is 5.62. The number of amides is 1. The Kier molecular flexibility index (Phi) is 8.26. The maximum atomic E-state index is 13.5. The molecule has 0 saturated heterocycles. The molecule has 0 aliphatic carbocycles. The van der Waals surface area contributed by atoms with E-state index in [2.05, 4.69) is 0 Å². The van der Waals surface area contributed by atoms with Crippen molar-refractivity contribution < 1.29 is 19.1 Å². The van der Waals surface area contributed by atoms with Crippen LogP contribution in [0.2, 0.25) is 0 Å². The lowest BCUT2D eigenvalue weighted by molar-refractivity contribution is -0.141. The van der Waals surface area contributed by atoms with Crippen LogP contribution in [0.3, 0.4) is 0 Å². The van der Waals surface area contributed by atoms with Crippen molar-refractivity contribution in [2.75, 3.05) is 0 Å². The highest BCUT2D eigenvalue weighted by molar-refractivity contribution is 6.14. The molecule has 0 unspecified atom stereocenters. The molecule has 5 nitrogen and oxygen atoms in total. The van der Waals surface area contributed by atoms with E-state index in [4.69, 9.17) is 4.74 Å². The Balaban J connectivity index is 1.53. The summed E-state index contributed by atoms with van der Waals surface area (Å²) in [5.41, 5.74) is 3.82. The minimum absolute atomic E-state index is 0.130. The van der Waals surface area contributed by atoms with Gasteiger partial charge < -0.3 is 9.64 Å². The Morgan fingerprint density at radius 3 is 1.70 bits per heavy atom. The molecular weight excluding hydrogens is 462 g/mol. The molecule has 1 atom stereocenters. The molecule has 4 rings (SSSR count). The van der Waals surface area contributed by atoms with E-state index in [1.165, 1.54) is 0 Å². The first-order valence-corrected chi connectivity index (χ1v) is 12.2. The largest absolute Gasteiger partial charge is 0.449 e. The highest BCUT2D eigenvalue weighted by Gasteiger charge is 2.27. The van der Waals surface area contributed by atoms with E-state index in [1.54, 1.807) is 48.2 Å². The summed E-state index contributed by atoms with van der Waals surface area (Å²) in [5, 5.41) is 0. The Hall–Kier alpha value is -4.51. The van der Waals surface area contributed by atoms with Crippen LogP contribution in [-0.4, -0.2) is 28.7 Å². The first-order valence-electron chi connectivity index (χ1n) is 12.2. The van der Waals surface area contributed by atoms with Gasteiger partial charge in [-0.25, -0.2) is 4.79 Å². The van der Waals surface area contributed by atoms with Gasteiger partial charge in [0.15, 0.2) is 11.9 Å². The van der Waals surface area contributed by atoms with Gasteiger partial charge in [0.05, 0.1) is 5.56 Å². The van der Waals surface area contributed by atoms with Crippen molar-refractivity contribution in [1.82, 2.24) is 4.90 Å². The fourth-order valence-electron chi connectivity index (χ4n) is 4.07. The lowest BCUT2D eigenvalue weighted by Crippen LogP contribution is -2.39. The average molecular weight is 492 g/mol. The van der Waals surface area contributed by atoms with Gasteiger partial charge >= 0.3 is 5.97 Å². The number of ether oxygens (including phenoxy) is 1. The molecule has 0 spiro atoms. The first kappa shape index (κ1) is 25.6. The molecule has 0 N–H and O–H groups in total. The number of aryl methyl sites for hydroxylation is 1. The van der Waals surface area contributed by atoms with Crippen LogP contribution < -0.4 is 0 Å². The summed E-state index contributed by atoms with van der Waals surface area (Å²) in [5.74, 6) is -1.30. The number of esters is 1. The molecule has 5 heteroatoms. The number of hydrogen-bond acceptors (Lipinski definition) is 4. The maximum Gasteiger partial charge on any atom is 0.339 e. The third-order valence-electron chi connectivity index (χ3n) is 6.08. The van der Waals surface area contributed by atoms with Gasteiger partial charge in [-0.2, -0.15) is 0 Å². The number of hydrogen-bond donors (Lipinski definition) is 0. The van der Waals surface area contributed by atoms with E-state index in [9.17, 15) is 14.4 Å². The Morgan fingerprint density at radius 1 is 0.676 bits per heavy atom. The van der Waals surface area contributed by atoms with E-state index >= 15 is 0 Å². The number of ketones is 1. The van der Waals surface area contributed by atoms with Crippen molar-refractivity contribution in [3.8, 4) is 0 Å². The second kappa shape index (κ2) is 12.0. The highest BCUT2D eigenvalue weighted by Crippen LogP contribution is 2.19. The maximum absolute atomic E-state index is 13.5. The monoisotopic (exact) mass is 491 g/mol. The number of rotatable bonds is 9.